The summed E-state index contributed by atoms with van der Waals surface area (Å²) in [6.45, 7) is 0.472. The first kappa shape index (κ1) is 17.9. The van der Waals surface area contributed by atoms with Gasteiger partial charge in [0.25, 0.3) is 5.91 Å². The molecule has 140 valence electrons. The van der Waals surface area contributed by atoms with Crippen molar-refractivity contribution in [2.45, 2.75) is 6.54 Å². The molecule has 2 N–H and O–H groups in total. The predicted octanol–water partition coefficient (Wildman–Crippen LogP) is 3.88. The highest BCUT2D eigenvalue weighted by molar-refractivity contribution is 6.29. The van der Waals surface area contributed by atoms with Crippen LogP contribution in [0.5, 0.6) is 0 Å². The molecular formula is C20H17ClN6O. The molecule has 28 heavy (non-hydrogen) atoms. The van der Waals surface area contributed by atoms with Gasteiger partial charge < -0.3 is 10.6 Å². The Morgan fingerprint density at radius 3 is 2.89 bits per heavy atom. The standard InChI is InChI=1S/C20H17ClN6O/c1-27-12-14-4-5-15(10-17(14)26-27)25-20(28)16-3-2-7-23-19(16)24-11-13-6-8-22-18(21)9-13/h2-10,12H,11H2,1H3,(H,23,24)(H,25,28). The minimum atomic E-state index is -0.251. The van der Waals surface area contributed by atoms with Gasteiger partial charge in [0.1, 0.15) is 11.0 Å². The molecule has 1 aromatic carbocycles. The van der Waals surface area contributed by atoms with Crippen molar-refractivity contribution >= 4 is 39.9 Å². The molecule has 0 spiro atoms. The Kier molecular flexibility index (Phi) is 4.90. The number of anilines is 2. The summed E-state index contributed by atoms with van der Waals surface area (Å²) < 4.78 is 1.74. The SMILES string of the molecule is Cn1cc2ccc(NC(=O)c3cccnc3NCc3ccnc(Cl)c3)cc2n1. The van der Waals surface area contributed by atoms with Gasteiger partial charge in [-0.2, -0.15) is 5.10 Å². The van der Waals surface area contributed by atoms with Gasteiger partial charge in [0.15, 0.2) is 0 Å². The van der Waals surface area contributed by atoms with Gasteiger partial charge in [-0.3, -0.25) is 9.48 Å². The summed E-state index contributed by atoms with van der Waals surface area (Å²) in [5.41, 5.74) is 2.88. The Balaban J connectivity index is 1.52. The summed E-state index contributed by atoms with van der Waals surface area (Å²) in [6, 6.07) is 12.7. The fourth-order valence-electron chi connectivity index (χ4n) is 2.88. The van der Waals surface area contributed by atoms with Crippen molar-refractivity contribution in [3.05, 3.63) is 77.3 Å². The first-order valence-corrected chi connectivity index (χ1v) is 9.00. The molecule has 4 rings (SSSR count). The van der Waals surface area contributed by atoms with E-state index in [0.717, 1.165) is 16.5 Å². The summed E-state index contributed by atoms with van der Waals surface area (Å²) in [7, 11) is 1.86. The number of hydrogen-bond acceptors (Lipinski definition) is 5. The fraction of sp³-hybridized carbons (Fsp3) is 0.100. The Morgan fingerprint density at radius 1 is 1.14 bits per heavy atom. The molecule has 3 aromatic heterocycles. The largest absolute Gasteiger partial charge is 0.365 e. The van der Waals surface area contributed by atoms with E-state index in [1.54, 1.807) is 35.3 Å². The second-order valence-corrected chi connectivity index (χ2v) is 6.66. The lowest BCUT2D eigenvalue weighted by Crippen LogP contribution is -2.15. The molecule has 0 saturated heterocycles. The second kappa shape index (κ2) is 7.66. The number of halogens is 1. The average molecular weight is 393 g/mol. The van der Waals surface area contributed by atoms with Gasteiger partial charge >= 0.3 is 0 Å². The lowest BCUT2D eigenvalue weighted by Gasteiger charge is -2.11. The van der Waals surface area contributed by atoms with E-state index in [0.29, 0.717) is 28.8 Å². The molecule has 0 saturated carbocycles. The van der Waals surface area contributed by atoms with Gasteiger partial charge in [0.05, 0.1) is 11.1 Å². The number of hydrogen-bond donors (Lipinski definition) is 2. The summed E-state index contributed by atoms with van der Waals surface area (Å²) >= 11 is 5.92. The van der Waals surface area contributed by atoms with Crippen LogP contribution in [0.25, 0.3) is 10.9 Å². The van der Waals surface area contributed by atoms with Crippen LogP contribution in [0.4, 0.5) is 11.5 Å². The fourth-order valence-corrected chi connectivity index (χ4v) is 3.08. The van der Waals surface area contributed by atoms with E-state index in [1.807, 2.05) is 37.5 Å². The summed E-state index contributed by atoms with van der Waals surface area (Å²) in [4.78, 5) is 21.1. The minimum Gasteiger partial charge on any atom is -0.365 e. The molecule has 7 nitrogen and oxygen atoms in total. The molecule has 0 fully saturated rings. The van der Waals surface area contributed by atoms with Crippen molar-refractivity contribution in [2.24, 2.45) is 7.05 Å². The van der Waals surface area contributed by atoms with Gasteiger partial charge in [-0.25, -0.2) is 9.97 Å². The molecule has 0 atom stereocenters. The Hall–Kier alpha value is -3.45. The summed E-state index contributed by atoms with van der Waals surface area (Å²) in [5.74, 6) is 0.241. The van der Waals surface area contributed by atoms with Crippen molar-refractivity contribution < 1.29 is 4.79 Å². The number of carbonyl (C=O) groups is 1. The van der Waals surface area contributed by atoms with Crippen LogP contribution in [0.1, 0.15) is 15.9 Å². The maximum atomic E-state index is 12.8. The van der Waals surface area contributed by atoms with Gasteiger partial charge in [-0.05, 0) is 48.0 Å². The normalized spacial score (nSPS) is 10.8. The van der Waals surface area contributed by atoms with Crippen molar-refractivity contribution in [1.82, 2.24) is 19.7 Å². The first-order valence-electron chi connectivity index (χ1n) is 8.62. The average Bonchev–Trinajstić information content (AvgIpc) is 3.06. The molecule has 4 aromatic rings. The molecule has 0 radical (unpaired) electrons. The van der Waals surface area contributed by atoms with Crippen LogP contribution in [0.2, 0.25) is 5.15 Å². The number of nitrogens with one attached hydrogen (secondary N) is 2. The number of aryl methyl sites for hydroxylation is 1. The third-order valence-electron chi connectivity index (χ3n) is 4.18. The Morgan fingerprint density at radius 2 is 2.04 bits per heavy atom. The third-order valence-corrected chi connectivity index (χ3v) is 4.39. The smallest absolute Gasteiger partial charge is 0.259 e. The van der Waals surface area contributed by atoms with E-state index < -0.39 is 0 Å². The van der Waals surface area contributed by atoms with Crippen LogP contribution in [0.15, 0.2) is 61.1 Å². The number of aromatic nitrogens is 4. The quantitative estimate of drug-likeness (QED) is 0.503. The van der Waals surface area contributed by atoms with Crippen LogP contribution in [0.3, 0.4) is 0 Å². The predicted molar refractivity (Wildman–Crippen MR) is 109 cm³/mol. The number of carbonyl (C=O) groups excluding carboxylic acids is 1. The second-order valence-electron chi connectivity index (χ2n) is 6.27. The lowest BCUT2D eigenvalue weighted by atomic mass is 10.2. The molecule has 0 aliphatic heterocycles. The number of nitrogens with zero attached hydrogens (tertiary/aromatic N) is 4. The van der Waals surface area contributed by atoms with Crippen molar-refractivity contribution in [3.8, 4) is 0 Å². The Bertz CT molecular complexity index is 1160. The monoisotopic (exact) mass is 392 g/mol. The number of benzene rings is 1. The van der Waals surface area contributed by atoms with E-state index in [2.05, 4.69) is 25.7 Å². The van der Waals surface area contributed by atoms with Crippen LogP contribution < -0.4 is 10.6 Å². The van der Waals surface area contributed by atoms with Crippen molar-refractivity contribution in [3.63, 3.8) is 0 Å². The van der Waals surface area contributed by atoms with Gasteiger partial charge in [-0.1, -0.05) is 11.6 Å². The molecule has 3 heterocycles. The molecule has 0 bridgehead atoms. The van der Waals surface area contributed by atoms with Gasteiger partial charge in [0, 0.05) is 43.3 Å². The van der Waals surface area contributed by atoms with Crippen LogP contribution >= 0.6 is 11.6 Å². The topological polar surface area (TPSA) is 84.7 Å². The van der Waals surface area contributed by atoms with E-state index in [-0.39, 0.29) is 5.91 Å². The van der Waals surface area contributed by atoms with Crippen LogP contribution in [-0.2, 0) is 13.6 Å². The maximum Gasteiger partial charge on any atom is 0.259 e. The zero-order valence-electron chi connectivity index (χ0n) is 15.1. The van der Waals surface area contributed by atoms with Crippen molar-refractivity contribution in [2.75, 3.05) is 10.6 Å². The van der Waals surface area contributed by atoms with Crippen LogP contribution in [0, 0.1) is 0 Å². The van der Waals surface area contributed by atoms with E-state index >= 15 is 0 Å². The van der Waals surface area contributed by atoms with E-state index in [1.165, 1.54) is 0 Å². The zero-order valence-corrected chi connectivity index (χ0v) is 15.8. The highest BCUT2D eigenvalue weighted by Gasteiger charge is 2.13. The number of amides is 1. The number of rotatable bonds is 5. The molecule has 0 aliphatic carbocycles. The third kappa shape index (κ3) is 3.94. The lowest BCUT2D eigenvalue weighted by molar-refractivity contribution is 0.102. The molecule has 1 amide bonds. The number of fused-ring (bicyclic) bond motifs is 1. The number of pyridine rings is 2. The minimum absolute atomic E-state index is 0.251. The van der Waals surface area contributed by atoms with Gasteiger partial charge in [0.2, 0.25) is 0 Å². The van der Waals surface area contributed by atoms with E-state index in [9.17, 15) is 4.79 Å². The Labute approximate surface area is 166 Å². The van der Waals surface area contributed by atoms with Gasteiger partial charge in [-0.15, -0.1) is 0 Å². The van der Waals surface area contributed by atoms with Crippen molar-refractivity contribution in [1.29, 1.82) is 0 Å². The summed E-state index contributed by atoms with van der Waals surface area (Å²) in [6.07, 6.45) is 5.20. The molecule has 0 aliphatic rings. The zero-order chi connectivity index (χ0) is 19.5. The molecular weight excluding hydrogens is 376 g/mol. The maximum absolute atomic E-state index is 12.8. The molecule has 0 unspecified atom stereocenters. The highest BCUT2D eigenvalue weighted by Crippen LogP contribution is 2.20. The molecule has 8 heteroatoms. The van der Waals surface area contributed by atoms with Crippen LogP contribution in [-0.4, -0.2) is 25.7 Å². The first-order chi connectivity index (χ1) is 13.6. The van der Waals surface area contributed by atoms with E-state index in [4.69, 9.17) is 11.6 Å². The summed E-state index contributed by atoms with van der Waals surface area (Å²) in [5, 5.41) is 11.9. The highest BCUT2D eigenvalue weighted by atomic mass is 35.5.